The predicted molar refractivity (Wildman–Crippen MR) is 101 cm³/mol. The van der Waals surface area contributed by atoms with E-state index in [4.69, 9.17) is 0 Å². The van der Waals surface area contributed by atoms with Crippen LogP contribution in [0.2, 0.25) is 0 Å². The lowest BCUT2D eigenvalue weighted by molar-refractivity contribution is -0.131. The molecule has 1 saturated carbocycles. The minimum atomic E-state index is -0.541. The fourth-order valence-corrected chi connectivity index (χ4v) is 3.65. The Balaban J connectivity index is 1.88. The Hall–Kier alpha value is -2.04. The predicted octanol–water partition coefficient (Wildman–Crippen LogP) is 3.31. The number of rotatable bonds is 2. The number of benzene rings is 1. The summed E-state index contributed by atoms with van der Waals surface area (Å²) in [5.74, 6) is -0.231. The number of carbonyl (C=O) groups excluding carboxylic acids is 2. The first-order chi connectivity index (χ1) is 11.9. The number of nitrogens with one attached hydrogen (secondary N) is 2. The lowest BCUT2D eigenvalue weighted by atomic mass is 9.93. The fraction of sp³-hybridized carbons (Fsp3) is 0.600. The first-order valence-electron chi connectivity index (χ1n) is 9.34. The molecule has 2 amide bonds. The first kappa shape index (κ1) is 17.8. The second kappa shape index (κ2) is 7.06. The number of para-hydroxylation sites is 2. The van der Waals surface area contributed by atoms with Crippen molar-refractivity contribution in [2.24, 2.45) is 5.41 Å². The zero-order valence-corrected chi connectivity index (χ0v) is 15.5. The molecule has 1 fully saturated rings. The largest absolute Gasteiger partial charge is 0.364 e. The Kier molecular flexibility index (Phi) is 5.02. The SMILES string of the molecule is CC(C)(C)C(=O)N[C@@H]1CN(C2CCCCC2)c2ccccc2NC1=O. The summed E-state index contributed by atoms with van der Waals surface area (Å²) in [6.45, 7) is 6.12. The number of hydrogen-bond donors (Lipinski definition) is 2. The highest BCUT2D eigenvalue weighted by Crippen LogP contribution is 2.34. The van der Waals surface area contributed by atoms with Crippen molar-refractivity contribution in [1.29, 1.82) is 0 Å². The van der Waals surface area contributed by atoms with E-state index in [9.17, 15) is 9.59 Å². The molecule has 5 nitrogen and oxygen atoms in total. The van der Waals surface area contributed by atoms with E-state index in [0.717, 1.165) is 24.2 Å². The molecule has 3 rings (SSSR count). The third-order valence-corrected chi connectivity index (χ3v) is 5.17. The lowest BCUT2D eigenvalue weighted by Gasteiger charge is -2.37. The van der Waals surface area contributed by atoms with Crippen LogP contribution in [0.5, 0.6) is 0 Å². The van der Waals surface area contributed by atoms with Gasteiger partial charge in [0.15, 0.2) is 0 Å². The molecule has 1 heterocycles. The van der Waals surface area contributed by atoms with Gasteiger partial charge in [0.1, 0.15) is 6.04 Å². The van der Waals surface area contributed by atoms with E-state index in [-0.39, 0.29) is 11.8 Å². The Labute approximate surface area is 150 Å². The maximum Gasteiger partial charge on any atom is 0.248 e. The summed E-state index contributed by atoms with van der Waals surface area (Å²) in [5.41, 5.74) is 1.38. The van der Waals surface area contributed by atoms with Crippen molar-refractivity contribution in [3.05, 3.63) is 24.3 Å². The Morgan fingerprint density at radius 1 is 1.16 bits per heavy atom. The van der Waals surface area contributed by atoms with Crippen LogP contribution in [-0.2, 0) is 9.59 Å². The Morgan fingerprint density at radius 2 is 1.84 bits per heavy atom. The zero-order chi connectivity index (χ0) is 18.0. The molecule has 5 heteroatoms. The van der Waals surface area contributed by atoms with Gasteiger partial charge in [0.2, 0.25) is 11.8 Å². The van der Waals surface area contributed by atoms with E-state index in [0.29, 0.717) is 12.6 Å². The standard InChI is InChI=1S/C20H29N3O2/c1-20(2,3)19(25)22-16-13-23(14-9-5-4-6-10-14)17-12-8-7-11-15(17)21-18(16)24/h7-8,11-12,14,16H,4-6,9-10,13H2,1-3H3,(H,21,24)(H,22,25)/t16-/m1/s1. The second-order valence-corrected chi connectivity index (χ2v) is 8.23. The van der Waals surface area contributed by atoms with Gasteiger partial charge in [0.05, 0.1) is 11.4 Å². The maximum atomic E-state index is 12.7. The summed E-state index contributed by atoms with van der Waals surface area (Å²) in [7, 11) is 0. The molecule has 0 unspecified atom stereocenters. The topological polar surface area (TPSA) is 61.4 Å². The quantitative estimate of drug-likeness (QED) is 0.866. The van der Waals surface area contributed by atoms with Crippen LogP contribution < -0.4 is 15.5 Å². The highest BCUT2D eigenvalue weighted by Gasteiger charge is 2.34. The smallest absolute Gasteiger partial charge is 0.248 e. The molecule has 0 spiro atoms. The molecule has 136 valence electrons. The van der Waals surface area contributed by atoms with Crippen molar-refractivity contribution < 1.29 is 9.59 Å². The van der Waals surface area contributed by atoms with Gasteiger partial charge in [-0.25, -0.2) is 0 Å². The molecule has 0 radical (unpaired) electrons. The van der Waals surface area contributed by atoms with Gasteiger partial charge >= 0.3 is 0 Å². The highest BCUT2D eigenvalue weighted by atomic mass is 16.2. The molecular formula is C20H29N3O2. The molecule has 0 bridgehead atoms. The van der Waals surface area contributed by atoms with Crippen LogP contribution in [0.1, 0.15) is 52.9 Å². The highest BCUT2D eigenvalue weighted by molar-refractivity contribution is 6.01. The summed E-state index contributed by atoms with van der Waals surface area (Å²) in [6, 6.07) is 7.84. The first-order valence-corrected chi connectivity index (χ1v) is 9.34. The summed E-state index contributed by atoms with van der Waals surface area (Å²) >= 11 is 0. The van der Waals surface area contributed by atoms with E-state index in [1.807, 2.05) is 39.0 Å². The Morgan fingerprint density at radius 3 is 2.52 bits per heavy atom. The number of amides is 2. The third kappa shape index (κ3) is 3.97. The summed E-state index contributed by atoms with van der Waals surface area (Å²) in [4.78, 5) is 27.5. The van der Waals surface area contributed by atoms with Gasteiger partial charge in [-0.2, -0.15) is 0 Å². The van der Waals surface area contributed by atoms with Gasteiger partial charge < -0.3 is 15.5 Å². The number of anilines is 2. The lowest BCUT2D eigenvalue weighted by Crippen LogP contribution is -2.53. The van der Waals surface area contributed by atoms with Crippen LogP contribution in [0.25, 0.3) is 0 Å². The van der Waals surface area contributed by atoms with E-state index in [2.05, 4.69) is 21.6 Å². The van der Waals surface area contributed by atoms with E-state index < -0.39 is 11.5 Å². The fourth-order valence-electron chi connectivity index (χ4n) is 3.65. The molecule has 25 heavy (non-hydrogen) atoms. The number of fused-ring (bicyclic) bond motifs is 1. The average Bonchev–Trinajstić information content (AvgIpc) is 2.72. The number of nitrogens with zero attached hydrogens (tertiary/aromatic N) is 1. The third-order valence-electron chi connectivity index (χ3n) is 5.17. The van der Waals surface area contributed by atoms with E-state index >= 15 is 0 Å². The molecule has 1 aromatic carbocycles. The minimum absolute atomic E-state index is 0.0952. The van der Waals surface area contributed by atoms with Crippen LogP contribution in [0, 0.1) is 5.41 Å². The average molecular weight is 343 g/mol. The van der Waals surface area contributed by atoms with E-state index in [1.165, 1.54) is 19.3 Å². The molecule has 1 atom stereocenters. The van der Waals surface area contributed by atoms with Crippen molar-refractivity contribution in [1.82, 2.24) is 5.32 Å². The Bertz CT molecular complexity index is 645. The zero-order valence-electron chi connectivity index (χ0n) is 15.5. The van der Waals surface area contributed by atoms with Crippen LogP contribution in [0.15, 0.2) is 24.3 Å². The minimum Gasteiger partial charge on any atom is -0.364 e. The van der Waals surface area contributed by atoms with Crippen LogP contribution in [0.4, 0.5) is 11.4 Å². The molecular weight excluding hydrogens is 314 g/mol. The van der Waals surface area contributed by atoms with Crippen molar-refractivity contribution in [2.45, 2.75) is 65.0 Å². The van der Waals surface area contributed by atoms with Gasteiger partial charge in [0, 0.05) is 18.0 Å². The van der Waals surface area contributed by atoms with Crippen molar-refractivity contribution in [3.63, 3.8) is 0 Å². The van der Waals surface area contributed by atoms with Crippen molar-refractivity contribution in [3.8, 4) is 0 Å². The molecule has 2 aliphatic rings. The van der Waals surface area contributed by atoms with Gasteiger partial charge in [-0.3, -0.25) is 9.59 Å². The molecule has 2 N–H and O–H groups in total. The summed E-state index contributed by atoms with van der Waals surface area (Å²) < 4.78 is 0. The normalized spacial score (nSPS) is 22.0. The number of hydrogen-bond acceptors (Lipinski definition) is 3. The monoisotopic (exact) mass is 343 g/mol. The van der Waals surface area contributed by atoms with Crippen molar-refractivity contribution >= 4 is 23.2 Å². The molecule has 0 aromatic heterocycles. The second-order valence-electron chi connectivity index (χ2n) is 8.23. The molecule has 1 aromatic rings. The molecule has 1 aliphatic heterocycles. The van der Waals surface area contributed by atoms with Crippen LogP contribution in [-0.4, -0.2) is 30.4 Å². The van der Waals surface area contributed by atoms with Crippen molar-refractivity contribution in [2.75, 3.05) is 16.8 Å². The van der Waals surface area contributed by atoms with Crippen LogP contribution >= 0.6 is 0 Å². The van der Waals surface area contributed by atoms with Crippen LogP contribution in [0.3, 0.4) is 0 Å². The van der Waals surface area contributed by atoms with Gasteiger partial charge in [-0.05, 0) is 25.0 Å². The maximum absolute atomic E-state index is 12.7. The van der Waals surface area contributed by atoms with Gasteiger partial charge in [-0.1, -0.05) is 52.2 Å². The van der Waals surface area contributed by atoms with Gasteiger partial charge in [-0.15, -0.1) is 0 Å². The summed E-state index contributed by atoms with van der Waals surface area (Å²) in [5, 5.41) is 5.96. The molecule has 0 saturated heterocycles. The molecule has 1 aliphatic carbocycles. The van der Waals surface area contributed by atoms with E-state index in [1.54, 1.807) is 0 Å². The number of carbonyl (C=O) groups is 2. The summed E-state index contributed by atoms with van der Waals surface area (Å²) in [6.07, 6.45) is 6.02. The van der Waals surface area contributed by atoms with Gasteiger partial charge in [0.25, 0.3) is 0 Å².